The summed E-state index contributed by atoms with van der Waals surface area (Å²) < 4.78 is 0. The number of nitrogens with zero attached hydrogens (tertiary/aromatic N) is 2. The van der Waals surface area contributed by atoms with Crippen molar-refractivity contribution in [3.63, 3.8) is 0 Å². The van der Waals surface area contributed by atoms with Gasteiger partial charge in [-0.3, -0.25) is 14.6 Å². The first-order valence-electron chi connectivity index (χ1n) is 4.27. The quantitative estimate of drug-likeness (QED) is 0.616. The highest BCUT2D eigenvalue weighted by Crippen LogP contribution is 2.12. The number of nitrogens with two attached hydrogens (primary N) is 1. The summed E-state index contributed by atoms with van der Waals surface area (Å²) in [6.45, 7) is -0.00131. The molecule has 15 heavy (non-hydrogen) atoms. The highest BCUT2D eigenvalue weighted by molar-refractivity contribution is 5.92. The van der Waals surface area contributed by atoms with Gasteiger partial charge < -0.3 is 15.7 Å². The molecule has 0 aliphatic carbocycles. The van der Waals surface area contributed by atoms with Gasteiger partial charge in [-0.2, -0.15) is 0 Å². The first-order chi connectivity index (χ1) is 7.19. The molecule has 0 spiro atoms. The van der Waals surface area contributed by atoms with Crippen LogP contribution in [-0.2, 0) is 4.79 Å². The zero-order chi connectivity index (χ0) is 11.3. The molecular formula is C9H11N3O3. The van der Waals surface area contributed by atoms with Crippen LogP contribution in [0.15, 0.2) is 18.3 Å². The molecule has 2 amide bonds. The van der Waals surface area contributed by atoms with E-state index in [-0.39, 0.29) is 18.8 Å². The fourth-order valence-electron chi connectivity index (χ4n) is 1.08. The van der Waals surface area contributed by atoms with E-state index >= 15 is 0 Å². The number of aliphatic hydroxyl groups is 1. The van der Waals surface area contributed by atoms with Crippen LogP contribution in [0.25, 0.3) is 0 Å². The fraction of sp³-hybridized carbons (Fsp3) is 0.222. The van der Waals surface area contributed by atoms with Gasteiger partial charge in [0.25, 0.3) is 5.91 Å². The zero-order valence-electron chi connectivity index (χ0n) is 7.96. The Balaban J connectivity index is 2.97. The standard InChI is InChI=1S/C9H11N3O3/c10-9(15)8-5-7(1-2-11-8)12(6-14)3-4-13/h1-2,5-6,13H,3-4H2,(H2,10,15). The summed E-state index contributed by atoms with van der Waals surface area (Å²) in [5, 5.41) is 8.70. The molecular weight excluding hydrogens is 198 g/mol. The van der Waals surface area contributed by atoms with Crippen molar-refractivity contribution < 1.29 is 14.7 Å². The first-order valence-corrected chi connectivity index (χ1v) is 4.27. The molecule has 0 radical (unpaired) electrons. The van der Waals surface area contributed by atoms with Crippen LogP contribution in [0.3, 0.4) is 0 Å². The van der Waals surface area contributed by atoms with Gasteiger partial charge in [0.1, 0.15) is 5.69 Å². The van der Waals surface area contributed by atoms with E-state index in [1.807, 2.05) is 0 Å². The van der Waals surface area contributed by atoms with Crippen LogP contribution in [0.4, 0.5) is 5.69 Å². The predicted octanol–water partition coefficient (Wildman–Crippen LogP) is -0.864. The number of pyridine rings is 1. The highest BCUT2D eigenvalue weighted by Gasteiger charge is 2.08. The third-order valence-corrected chi connectivity index (χ3v) is 1.80. The summed E-state index contributed by atoms with van der Waals surface area (Å²) in [7, 11) is 0. The number of rotatable bonds is 5. The normalized spacial score (nSPS) is 9.67. The lowest BCUT2D eigenvalue weighted by Crippen LogP contribution is -2.25. The van der Waals surface area contributed by atoms with E-state index in [4.69, 9.17) is 10.8 Å². The Morgan fingerprint density at radius 3 is 2.93 bits per heavy atom. The van der Waals surface area contributed by atoms with E-state index in [2.05, 4.69) is 4.98 Å². The van der Waals surface area contributed by atoms with E-state index in [1.165, 1.54) is 17.2 Å². The van der Waals surface area contributed by atoms with Crippen molar-refractivity contribution in [3.8, 4) is 0 Å². The highest BCUT2D eigenvalue weighted by atomic mass is 16.3. The number of hydrogen-bond donors (Lipinski definition) is 2. The molecule has 0 aromatic carbocycles. The molecule has 0 fully saturated rings. The Morgan fingerprint density at radius 2 is 2.40 bits per heavy atom. The minimum absolute atomic E-state index is 0.0808. The number of hydrogen-bond acceptors (Lipinski definition) is 4. The van der Waals surface area contributed by atoms with Gasteiger partial charge in [0, 0.05) is 18.4 Å². The van der Waals surface area contributed by atoms with Crippen LogP contribution in [0.1, 0.15) is 10.5 Å². The largest absolute Gasteiger partial charge is 0.395 e. The minimum atomic E-state index is -0.660. The van der Waals surface area contributed by atoms with Crippen molar-refractivity contribution in [2.75, 3.05) is 18.1 Å². The maximum absolute atomic E-state index is 10.8. The van der Waals surface area contributed by atoms with Gasteiger partial charge >= 0.3 is 0 Å². The van der Waals surface area contributed by atoms with Crippen LogP contribution in [0, 0.1) is 0 Å². The van der Waals surface area contributed by atoms with E-state index < -0.39 is 5.91 Å². The van der Waals surface area contributed by atoms with Gasteiger partial charge in [0.2, 0.25) is 6.41 Å². The Bertz CT molecular complexity index is 367. The molecule has 1 rings (SSSR count). The van der Waals surface area contributed by atoms with Crippen LogP contribution < -0.4 is 10.6 Å². The van der Waals surface area contributed by atoms with Crippen LogP contribution in [-0.4, -0.2) is 35.6 Å². The third kappa shape index (κ3) is 2.75. The SMILES string of the molecule is NC(=O)c1cc(N(C=O)CCO)ccn1. The van der Waals surface area contributed by atoms with Crippen LogP contribution >= 0.6 is 0 Å². The predicted molar refractivity (Wildman–Crippen MR) is 53.3 cm³/mol. The summed E-state index contributed by atoms with van der Waals surface area (Å²) in [6.07, 6.45) is 1.94. The Labute approximate surface area is 86.3 Å². The van der Waals surface area contributed by atoms with Crippen molar-refractivity contribution >= 4 is 18.0 Å². The summed E-state index contributed by atoms with van der Waals surface area (Å²) >= 11 is 0. The lowest BCUT2D eigenvalue weighted by molar-refractivity contribution is -0.107. The van der Waals surface area contributed by atoms with Crippen LogP contribution in [0.5, 0.6) is 0 Å². The molecule has 1 heterocycles. The molecule has 3 N–H and O–H groups in total. The molecule has 80 valence electrons. The van der Waals surface area contributed by atoms with Gasteiger partial charge in [-0.05, 0) is 12.1 Å². The molecule has 1 aromatic heterocycles. The zero-order valence-corrected chi connectivity index (χ0v) is 7.96. The molecule has 0 aliphatic heterocycles. The fourth-order valence-corrected chi connectivity index (χ4v) is 1.08. The van der Waals surface area contributed by atoms with Gasteiger partial charge in [0.05, 0.1) is 6.61 Å². The molecule has 0 aliphatic rings. The summed E-state index contributed by atoms with van der Waals surface area (Å²) in [6, 6.07) is 2.95. The smallest absolute Gasteiger partial charge is 0.267 e. The maximum atomic E-state index is 10.8. The number of carbonyl (C=O) groups excluding carboxylic acids is 2. The lowest BCUT2D eigenvalue weighted by Gasteiger charge is -2.15. The Morgan fingerprint density at radius 1 is 1.67 bits per heavy atom. The van der Waals surface area contributed by atoms with Gasteiger partial charge in [-0.15, -0.1) is 0 Å². The van der Waals surface area contributed by atoms with Crippen molar-refractivity contribution in [2.45, 2.75) is 0 Å². The number of anilines is 1. The van der Waals surface area contributed by atoms with Gasteiger partial charge in [-0.25, -0.2) is 0 Å². The molecule has 0 saturated carbocycles. The molecule has 1 aromatic rings. The molecule has 0 bridgehead atoms. The van der Waals surface area contributed by atoms with Crippen molar-refractivity contribution in [2.24, 2.45) is 5.73 Å². The van der Waals surface area contributed by atoms with Gasteiger partial charge in [0.15, 0.2) is 0 Å². The Hall–Kier alpha value is -1.95. The average molecular weight is 209 g/mol. The topological polar surface area (TPSA) is 96.5 Å². The second-order valence-corrected chi connectivity index (χ2v) is 2.79. The summed E-state index contributed by atoms with van der Waals surface area (Å²) in [4.78, 5) is 26.5. The van der Waals surface area contributed by atoms with E-state index in [0.717, 1.165) is 0 Å². The van der Waals surface area contributed by atoms with Crippen LogP contribution in [0.2, 0.25) is 0 Å². The first kappa shape index (κ1) is 11.1. The van der Waals surface area contributed by atoms with Crippen molar-refractivity contribution in [1.82, 2.24) is 4.98 Å². The minimum Gasteiger partial charge on any atom is -0.395 e. The monoisotopic (exact) mass is 209 g/mol. The van der Waals surface area contributed by atoms with Gasteiger partial charge in [-0.1, -0.05) is 0 Å². The summed E-state index contributed by atoms with van der Waals surface area (Å²) in [5.74, 6) is -0.660. The number of aliphatic hydroxyl groups excluding tert-OH is 1. The van der Waals surface area contributed by atoms with E-state index in [0.29, 0.717) is 12.1 Å². The Kier molecular flexibility index (Phi) is 3.75. The molecule has 6 heteroatoms. The van der Waals surface area contributed by atoms with E-state index in [9.17, 15) is 9.59 Å². The molecule has 0 saturated heterocycles. The molecule has 0 unspecified atom stereocenters. The van der Waals surface area contributed by atoms with E-state index in [1.54, 1.807) is 6.07 Å². The second-order valence-electron chi connectivity index (χ2n) is 2.79. The number of primary amides is 1. The number of amides is 2. The second kappa shape index (κ2) is 5.06. The lowest BCUT2D eigenvalue weighted by atomic mass is 10.3. The maximum Gasteiger partial charge on any atom is 0.267 e. The summed E-state index contributed by atoms with van der Waals surface area (Å²) in [5.41, 5.74) is 5.60. The molecule has 0 atom stereocenters. The van der Waals surface area contributed by atoms with Crippen molar-refractivity contribution in [3.05, 3.63) is 24.0 Å². The average Bonchev–Trinajstić information content (AvgIpc) is 2.26. The number of aromatic nitrogens is 1. The number of carbonyl (C=O) groups is 2. The molecule has 6 nitrogen and oxygen atoms in total. The van der Waals surface area contributed by atoms with Crippen molar-refractivity contribution in [1.29, 1.82) is 0 Å². The third-order valence-electron chi connectivity index (χ3n) is 1.80.